The average molecular weight is 568 g/mol. The first-order valence-electron chi connectivity index (χ1n) is 10.2. The van der Waals surface area contributed by atoms with Crippen molar-refractivity contribution in [1.82, 2.24) is 30.4 Å². The molecule has 3 heterocycles. The van der Waals surface area contributed by atoms with Crippen LogP contribution in [0.25, 0.3) is 0 Å². The van der Waals surface area contributed by atoms with Crippen molar-refractivity contribution in [1.29, 1.82) is 0 Å². The van der Waals surface area contributed by atoms with Crippen LogP contribution in [0.15, 0.2) is 34.6 Å². The van der Waals surface area contributed by atoms with Crippen LogP contribution in [0.3, 0.4) is 0 Å². The van der Waals surface area contributed by atoms with Gasteiger partial charge in [-0.05, 0) is 13.0 Å². The van der Waals surface area contributed by atoms with Crippen molar-refractivity contribution in [2.24, 2.45) is 12.0 Å². The zero-order valence-corrected chi connectivity index (χ0v) is 21.8. The second kappa shape index (κ2) is 10.9. The van der Waals surface area contributed by atoms with E-state index < -0.39 is 0 Å². The Hall–Kier alpha value is -2.41. The number of hydrogen-bond acceptors (Lipinski definition) is 7. The normalized spacial score (nSPS) is 15.4. The van der Waals surface area contributed by atoms with Crippen LogP contribution in [0.5, 0.6) is 5.75 Å². The number of aromatic nitrogens is 4. The lowest BCUT2D eigenvalue weighted by molar-refractivity contribution is 0.261. The number of halogens is 1. The van der Waals surface area contributed by atoms with Crippen molar-refractivity contribution in [3.05, 3.63) is 52.6 Å². The van der Waals surface area contributed by atoms with Gasteiger partial charge in [-0.2, -0.15) is 0 Å². The van der Waals surface area contributed by atoms with Gasteiger partial charge >= 0.3 is 0 Å². The van der Waals surface area contributed by atoms with Crippen molar-refractivity contribution in [2.45, 2.75) is 32.5 Å². The SMILES string of the molecule is Cc1nnc(CNC(=NCc2csc(N(C)C)n2)NC2CCOc3ccccc32)n1C.I. The van der Waals surface area contributed by atoms with Gasteiger partial charge < -0.3 is 24.8 Å². The molecule has 1 aliphatic heterocycles. The molecule has 11 heteroatoms. The number of rotatable bonds is 6. The second-order valence-electron chi connectivity index (χ2n) is 7.63. The van der Waals surface area contributed by atoms with Crippen LogP contribution < -0.4 is 20.3 Å². The summed E-state index contributed by atoms with van der Waals surface area (Å²) in [5.74, 6) is 3.36. The smallest absolute Gasteiger partial charge is 0.192 e. The first-order chi connectivity index (χ1) is 15.0. The highest BCUT2D eigenvalue weighted by atomic mass is 127. The third kappa shape index (κ3) is 5.68. The van der Waals surface area contributed by atoms with Crippen LogP contribution in [0.1, 0.15) is 35.4 Å². The molecule has 4 rings (SSSR count). The zero-order chi connectivity index (χ0) is 21.8. The Labute approximate surface area is 209 Å². The molecule has 1 aliphatic rings. The predicted octanol–water partition coefficient (Wildman–Crippen LogP) is 3.02. The summed E-state index contributed by atoms with van der Waals surface area (Å²) >= 11 is 1.62. The molecule has 0 bridgehead atoms. The predicted molar refractivity (Wildman–Crippen MR) is 138 cm³/mol. The number of para-hydroxylation sites is 1. The number of ether oxygens (including phenoxy) is 1. The largest absolute Gasteiger partial charge is 0.493 e. The maximum absolute atomic E-state index is 5.80. The maximum Gasteiger partial charge on any atom is 0.192 e. The van der Waals surface area contributed by atoms with E-state index in [1.54, 1.807) is 11.3 Å². The Balaban J connectivity index is 0.00000289. The Morgan fingerprint density at radius 3 is 2.84 bits per heavy atom. The molecule has 9 nitrogen and oxygen atoms in total. The lowest BCUT2D eigenvalue weighted by atomic mass is 10.0. The Morgan fingerprint density at radius 2 is 2.12 bits per heavy atom. The van der Waals surface area contributed by atoms with Crippen LogP contribution in [0, 0.1) is 6.92 Å². The quantitative estimate of drug-likeness (QED) is 0.268. The molecule has 0 saturated heterocycles. The van der Waals surface area contributed by atoms with Crippen molar-refractivity contribution in [3.63, 3.8) is 0 Å². The molecule has 172 valence electrons. The topological polar surface area (TPSA) is 92.5 Å². The number of benzene rings is 1. The highest BCUT2D eigenvalue weighted by Gasteiger charge is 2.22. The molecule has 32 heavy (non-hydrogen) atoms. The molecule has 2 N–H and O–H groups in total. The summed E-state index contributed by atoms with van der Waals surface area (Å²) in [6, 6.07) is 8.25. The van der Waals surface area contributed by atoms with Gasteiger partial charge in [0, 0.05) is 38.5 Å². The van der Waals surface area contributed by atoms with Gasteiger partial charge in [0.1, 0.15) is 11.6 Å². The van der Waals surface area contributed by atoms with E-state index in [4.69, 9.17) is 9.73 Å². The number of guanidine groups is 1. The minimum atomic E-state index is 0. The molecule has 0 spiro atoms. The van der Waals surface area contributed by atoms with E-state index in [1.807, 2.05) is 61.1 Å². The van der Waals surface area contributed by atoms with E-state index in [-0.39, 0.29) is 30.0 Å². The molecule has 0 radical (unpaired) electrons. The van der Waals surface area contributed by atoms with Gasteiger partial charge in [0.2, 0.25) is 0 Å². The minimum absolute atomic E-state index is 0. The highest BCUT2D eigenvalue weighted by Crippen LogP contribution is 2.31. The van der Waals surface area contributed by atoms with E-state index in [0.717, 1.165) is 40.2 Å². The van der Waals surface area contributed by atoms with Crippen molar-refractivity contribution in [2.75, 3.05) is 25.6 Å². The lowest BCUT2D eigenvalue weighted by Gasteiger charge is -2.28. The summed E-state index contributed by atoms with van der Waals surface area (Å²) < 4.78 is 7.77. The third-order valence-electron chi connectivity index (χ3n) is 5.19. The molecular formula is C21H29IN8OS. The molecule has 1 aromatic carbocycles. The Bertz CT molecular complexity index is 1060. The van der Waals surface area contributed by atoms with Crippen LogP contribution in [0.4, 0.5) is 5.13 Å². The molecule has 3 aromatic rings. The third-order valence-corrected chi connectivity index (χ3v) is 6.24. The first-order valence-corrected chi connectivity index (χ1v) is 11.1. The summed E-state index contributed by atoms with van der Waals surface area (Å²) in [7, 11) is 5.95. The maximum atomic E-state index is 5.80. The summed E-state index contributed by atoms with van der Waals surface area (Å²) in [5.41, 5.74) is 2.08. The molecule has 0 fully saturated rings. The van der Waals surface area contributed by atoms with E-state index in [0.29, 0.717) is 25.7 Å². The molecule has 0 aliphatic carbocycles. The van der Waals surface area contributed by atoms with Gasteiger partial charge in [0.25, 0.3) is 0 Å². The summed E-state index contributed by atoms with van der Waals surface area (Å²) in [4.78, 5) is 11.4. The minimum Gasteiger partial charge on any atom is -0.493 e. The second-order valence-corrected chi connectivity index (χ2v) is 8.47. The number of aryl methyl sites for hydroxylation is 1. The van der Waals surface area contributed by atoms with E-state index in [9.17, 15) is 0 Å². The van der Waals surface area contributed by atoms with Crippen LogP contribution in [-0.4, -0.2) is 46.4 Å². The fourth-order valence-corrected chi connectivity index (χ4v) is 4.06. The highest BCUT2D eigenvalue weighted by molar-refractivity contribution is 14.0. The van der Waals surface area contributed by atoms with Crippen LogP contribution >= 0.6 is 35.3 Å². The molecule has 0 amide bonds. The fourth-order valence-electron chi connectivity index (χ4n) is 3.31. The first kappa shape index (κ1) is 24.2. The van der Waals surface area contributed by atoms with Crippen molar-refractivity contribution >= 4 is 46.4 Å². The number of fused-ring (bicyclic) bond motifs is 1. The fraction of sp³-hybridized carbons (Fsp3) is 0.429. The number of anilines is 1. The molecular weight excluding hydrogens is 539 g/mol. The molecule has 1 atom stereocenters. The van der Waals surface area contributed by atoms with E-state index >= 15 is 0 Å². The summed E-state index contributed by atoms with van der Waals surface area (Å²) in [5, 5.41) is 18.4. The summed E-state index contributed by atoms with van der Waals surface area (Å²) in [6.07, 6.45) is 0.863. The van der Waals surface area contributed by atoms with Crippen LogP contribution in [0.2, 0.25) is 0 Å². The number of thiazole rings is 1. The molecule has 2 aromatic heterocycles. The molecule has 0 saturated carbocycles. The van der Waals surface area contributed by atoms with Gasteiger partial charge in [-0.3, -0.25) is 0 Å². The number of aliphatic imine (C=N–C) groups is 1. The number of hydrogen-bond donors (Lipinski definition) is 2. The molecule has 1 unspecified atom stereocenters. The van der Waals surface area contributed by atoms with E-state index in [1.165, 1.54) is 0 Å². The van der Waals surface area contributed by atoms with Crippen molar-refractivity contribution in [3.8, 4) is 5.75 Å². The number of nitrogens with one attached hydrogen (secondary N) is 2. The van der Waals surface area contributed by atoms with Crippen molar-refractivity contribution < 1.29 is 4.74 Å². The Morgan fingerprint density at radius 1 is 1.31 bits per heavy atom. The number of nitrogens with zero attached hydrogens (tertiary/aromatic N) is 6. The Kier molecular flexibility index (Phi) is 8.29. The van der Waals surface area contributed by atoms with Gasteiger partial charge in [0.05, 0.1) is 31.4 Å². The van der Waals surface area contributed by atoms with Gasteiger partial charge in [-0.1, -0.05) is 18.2 Å². The standard InChI is InChI=1S/C21H28N8OS.HI/c1-14-26-27-19(29(14)4)12-23-20(22-11-15-13-31-21(24-15)28(2)3)25-17-9-10-30-18-8-6-5-7-16(17)18;/h5-8,13,17H,9-12H2,1-4H3,(H2,22,23,25);1H. The summed E-state index contributed by atoms with van der Waals surface area (Å²) in [6.45, 7) is 3.62. The lowest BCUT2D eigenvalue weighted by Crippen LogP contribution is -2.41. The van der Waals surface area contributed by atoms with E-state index in [2.05, 4.69) is 31.9 Å². The van der Waals surface area contributed by atoms with Gasteiger partial charge in [-0.15, -0.1) is 45.5 Å². The van der Waals surface area contributed by atoms with Gasteiger partial charge in [-0.25, -0.2) is 9.98 Å². The zero-order valence-electron chi connectivity index (χ0n) is 18.7. The van der Waals surface area contributed by atoms with Gasteiger partial charge in [0.15, 0.2) is 16.9 Å². The average Bonchev–Trinajstić information content (AvgIpc) is 3.38. The monoisotopic (exact) mass is 568 g/mol. The van der Waals surface area contributed by atoms with Crippen LogP contribution in [-0.2, 0) is 20.1 Å².